The van der Waals surface area contributed by atoms with Crippen molar-refractivity contribution in [3.05, 3.63) is 82.9 Å². The number of amides is 1. The van der Waals surface area contributed by atoms with Gasteiger partial charge in [0.15, 0.2) is 0 Å². The molecule has 5 nitrogen and oxygen atoms in total. The van der Waals surface area contributed by atoms with Gasteiger partial charge in [-0.25, -0.2) is 4.98 Å². The Hall–Kier alpha value is -2.79. The van der Waals surface area contributed by atoms with Gasteiger partial charge in [0.2, 0.25) is 0 Å². The summed E-state index contributed by atoms with van der Waals surface area (Å²) >= 11 is 5.96. The summed E-state index contributed by atoms with van der Waals surface area (Å²) in [6, 6.07) is 13.0. The minimum atomic E-state index is -0.413. The van der Waals surface area contributed by atoms with Gasteiger partial charge in [0.05, 0.1) is 0 Å². The van der Waals surface area contributed by atoms with Crippen LogP contribution in [0.15, 0.2) is 60.9 Å². The fourth-order valence-corrected chi connectivity index (χ4v) is 2.56. The summed E-state index contributed by atoms with van der Waals surface area (Å²) in [4.78, 5) is 16.9. The van der Waals surface area contributed by atoms with E-state index in [1.807, 2.05) is 29.9 Å². The van der Waals surface area contributed by atoms with Crippen LogP contribution in [0.2, 0.25) is 5.02 Å². The first kappa shape index (κ1) is 16.1. The average Bonchev–Trinajstić information content (AvgIpc) is 3.00. The highest BCUT2D eigenvalue weighted by molar-refractivity contribution is 6.30. The monoisotopic (exact) mass is 341 g/mol. The molecule has 0 fully saturated rings. The van der Waals surface area contributed by atoms with Crippen molar-refractivity contribution in [2.75, 3.05) is 0 Å². The lowest BCUT2D eigenvalue weighted by atomic mass is 10.1. The quantitative estimate of drug-likeness (QED) is 0.765. The number of imidazole rings is 1. The van der Waals surface area contributed by atoms with Gasteiger partial charge in [0.25, 0.3) is 5.91 Å². The molecule has 1 atom stereocenters. The van der Waals surface area contributed by atoms with Crippen LogP contribution in [0.25, 0.3) is 0 Å². The van der Waals surface area contributed by atoms with Crippen molar-refractivity contribution in [1.82, 2.24) is 14.9 Å². The van der Waals surface area contributed by atoms with E-state index < -0.39 is 6.04 Å². The van der Waals surface area contributed by atoms with Crippen molar-refractivity contribution in [2.24, 2.45) is 7.05 Å². The molecule has 0 aliphatic rings. The Morgan fingerprint density at radius 1 is 1.17 bits per heavy atom. The predicted molar refractivity (Wildman–Crippen MR) is 92.1 cm³/mol. The van der Waals surface area contributed by atoms with Crippen molar-refractivity contribution in [2.45, 2.75) is 6.04 Å². The molecule has 1 amide bonds. The van der Waals surface area contributed by atoms with Gasteiger partial charge < -0.3 is 15.0 Å². The van der Waals surface area contributed by atoms with Crippen LogP contribution in [0.4, 0.5) is 0 Å². The third-order valence-electron chi connectivity index (χ3n) is 3.72. The zero-order valence-electron chi connectivity index (χ0n) is 13.0. The molecule has 1 heterocycles. The van der Waals surface area contributed by atoms with E-state index in [1.54, 1.807) is 30.5 Å². The molecule has 0 bridgehead atoms. The number of nitrogens with one attached hydrogen (secondary N) is 1. The second-order valence-corrected chi connectivity index (χ2v) is 5.84. The molecule has 122 valence electrons. The molecule has 0 spiro atoms. The number of benzene rings is 2. The number of halogens is 1. The lowest BCUT2D eigenvalue weighted by molar-refractivity contribution is 0.0941. The summed E-state index contributed by atoms with van der Waals surface area (Å²) in [6.45, 7) is 0. The number of hydrogen-bond donors (Lipinski definition) is 2. The van der Waals surface area contributed by atoms with E-state index in [0.717, 1.165) is 5.56 Å². The topological polar surface area (TPSA) is 67.2 Å². The van der Waals surface area contributed by atoms with Crippen molar-refractivity contribution >= 4 is 17.5 Å². The Morgan fingerprint density at radius 2 is 1.83 bits per heavy atom. The first-order valence-corrected chi connectivity index (χ1v) is 7.75. The van der Waals surface area contributed by atoms with Gasteiger partial charge in [-0.05, 0) is 42.0 Å². The number of phenols is 1. The van der Waals surface area contributed by atoms with Gasteiger partial charge in [0.1, 0.15) is 17.6 Å². The van der Waals surface area contributed by atoms with E-state index in [9.17, 15) is 9.90 Å². The van der Waals surface area contributed by atoms with E-state index in [0.29, 0.717) is 16.4 Å². The maximum atomic E-state index is 12.6. The van der Waals surface area contributed by atoms with Crippen molar-refractivity contribution in [3.8, 4) is 5.75 Å². The SMILES string of the molecule is Cn1ccnc1C(NC(=O)c1ccc(O)cc1)c1ccc(Cl)cc1. The zero-order chi connectivity index (χ0) is 17.1. The highest BCUT2D eigenvalue weighted by Crippen LogP contribution is 2.23. The number of rotatable bonds is 4. The molecule has 0 saturated heterocycles. The molecular formula is C18H16ClN3O2. The van der Waals surface area contributed by atoms with Crippen LogP contribution in [0.1, 0.15) is 27.8 Å². The number of hydrogen-bond acceptors (Lipinski definition) is 3. The average molecular weight is 342 g/mol. The Labute approximate surface area is 144 Å². The van der Waals surface area contributed by atoms with Gasteiger partial charge in [-0.15, -0.1) is 0 Å². The minimum Gasteiger partial charge on any atom is -0.508 e. The third-order valence-corrected chi connectivity index (χ3v) is 3.98. The predicted octanol–water partition coefficient (Wildman–Crippen LogP) is 3.30. The zero-order valence-corrected chi connectivity index (χ0v) is 13.7. The number of carbonyl (C=O) groups is 1. The highest BCUT2D eigenvalue weighted by Gasteiger charge is 2.21. The number of nitrogens with zero attached hydrogens (tertiary/aromatic N) is 2. The van der Waals surface area contributed by atoms with Crippen LogP contribution in [0.3, 0.4) is 0 Å². The standard InChI is InChI=1S/C18H16ClN3O2/c1-22-11-10-20-17(22)16(12-2-6-14(19)7-3-12)21-18(24)13-4-8-15(23)9-5-13/h2-11,16,23H,1H3,(H,21,24). The van der Waals surface area contributed by atoms with Crippen LogP contribution in [-0.4, -0.2) is 20.6 Å². The third kappa shape index (κ3) is 3.41. The molecular weight excluding hydrogens is 326 g/mol. The van der Waals surface area contributed by atoms with E-state index in [-0.39, 0.29) is 11.7 Å². The Kier molecular flexibility index (Phi) is 4.53. The van der Waals surface area contributed by atoms with Crippen molar-refractivity contribution in [3.63, 3.8) is 0 Å². The number of carbonyl (C=O) groups excluding carboxylic acids is 1. The van der Waals surface area contributed by atoms with Gasteiger partial charge in [0, 0.05) is 30.0 Å². The first-order valence-electron chi connectivity index (χ1n) is 7.37. The van der Waals surface area contributed by atoms with Gasteiger partial charge in [-0.2, -0.15) is 0 Å². The Bertz CT molecular complexity index is 841. The number of aromatic nitrogens is 2. The molecule has 1 unspecified atom stereocenters. The fourth-order valence-electron chi connectivity index (χ4n) is 2.43. The summed E-state index contributed by atoms with van der Waals surface area (Å²) in [7, 11) is 1.87. The number of phenolic OH excluding ortho intramolecular Hbond substituents is 1. The lowest BCUT2D eigenvalue weighted by Crippen LogP contribution is -2.31. The molecule has 6 heteroatoms. The maximum Gasteiger partial charge on any atom is 0.252 e. The smallest absolute Gasteiger partial charge is 0.252 e. The van der Waals surface area contributed by atoms with Crippen molar-refractivity contribution in [1.29, 1.82) is 0 Å². The molecule has 0 radical (unpaired) electrons. The van der Waals surface area contributed by atoms with Crippen LogP contribution < -0.4 is 5.32 Å². The van der Waals surface area contributed by atoms with Gasteiger partial charge in [-0.3, -0.25) is 4.79 Å². The molecule has 3 rings (SSSR count). The number of aryl methyl sites for hydroxylation is 1. The molecule has 2 aromatic carbocycles. The molecule has 2 N–H and O–H groups in total. The number of aromatic hydroxyl groups is 1. The molecule has 0 saturated carbocycles. The summed E-state index contributed by atoms with van der Waals surface area (Å²) in [6.07, 6.45) is 3.51. The fraction of sp³-hybridized carbons (Fsp3) is 0.111. The summed E-state index contributed by atoms with van der Waals surface area (Å²) < 4.78 is 1.86. The van der Waals surface area contributed by atoms with Gasteiger partial charge >= 0.3 is 0 Å². The van der Waals surface area contributed by atoms with Crippen LogP contribution in [0.5, 0.6) is 5.75 Å². The first-order chi connectivity index (χ1) is 11.5. The van der Waals surface area contributed by atoms with E-state index >= 15 is 0 Å². The second-order valence-electron chi connectivity index (χ2n) is 5.40. The van der Waals surface area contributed by atoms with Crippen LogP contribution in [-0.2, 0) is 7.05 Å². The van der Waals surface area contributed by atoms with E-state index in [4.69, 9.17) is 11.6 Å². The summed E-state index contributed by atoms with van der Waals surface area (Å²) in [5.41, 5.74) is 1.34. The lowest BCUT2D eigenvalue weighted by Gasteiger charge is -2.19. The van der Waals surface area contributed by atoms with Crippen LogP contribution in [0, 0.1) is 0 Å². The van der Waals surface area contributed by atoms with E-state index in [2.05, 4.69) is 10.3 Å². The highest BCUT2D eigenvalue weighted by atomic mass is 35.5. The largest absolute Gasteiger partial charge is 0.508 e. The molecule has 3 aromatic rings. The maximum absolute atomic E-state index is 12.6. The Balaban J connectivity index is 1.93. The summed E-state index contributed by atoms with van der Waals surface area (Å²) in [5.74, 6) is 0.576. The normalized spacial score (nSPS) is 11.9. The summed E-state index contributed by atoms with van der Waals surface area (Å²) in [5, 5.41) is 13.0. The van der Waals surface area contributed by atoms with E-state index in [1.165, 1.54) is 12.1 Å². The molecule has 0 aliphatic carbocycles. The van der Waals surface area contributed by atoms with Crippen LogP contribution >= 0.6 is 11.6 Å². The Morgan fingerprint density at radius 3 is 2.42 bits per heavy atom. The molecule has 0 aliphatic heterocycles. The molecule has 24 heavy (non-hydrogen) atoms. The van der Waals surface area contributed by atoms with Gasteiger partial charge in [-0.1, -0.05) is 23.7 Å². The molecule has 1 aromatic heterocycles. The minimum absolute atomic E-state index is 0.116. The second kappa shape index (κ2) is 6.76. The van der Waals surface area contributed by atoms with Crippen molar-refractivity contribution < 1.29 is 9.90 Å².